The van der Waals surface area contributed by atoms with Crippen LogP contribution >= 0.6 is 23.2 Å². The topological polar surface area (TPSA) is 49.3 Å². The second-order valence-electron chi connectivity index (χ2n) is 4.22. The van der Waals surface area contributed by atoms with Gasteiger partial charge in [0.2, 0.25) is 0 Å². The van der Waals surface area contributed by atoms with E-state index in [9.17, 15) is 4.79 Å². The molecule has 5 heteroatoms. The van der Waals surface area contributed by atoms with Crippen LogP contribution in [0.15, 0.2) is 42.1 Å². The minimum Gasteiger partial charge on any atom is -0.481 e. The summed E-state index contributed by atoms with van der Waals surface area (Å²) in [7, 11) is 0. The number of aliphatic carboxylic acids is 1. The average Bonchev–Trinajstić information content (AvgIpc) is 2.43. The van der Waals surface area contributed by atoms with Gasteiger partial charge in [0, 0.05) is 12.1 Å². The number of allylic oxidation sites excluding steroid dienone is 4. The van der Waals surface area contributed by atoms with E-state index in [2.05, 4.69) is 17.7 Å². The molecule has 0 radical (unpaired) electrons. The molecule has 0 aliphatic rings. The van der Waals surface area contributed by atoms with Crippen molar-refractivity contribution in [3.05, 3.63) is 52.2 Å². The van der Waals surface area contributed by atoms with Gasteiger partial charge in [-0.2, -0.15) is 0 Å². The largest absolute Gasteiger partial charge is 0.481 e. The standard InChI is InChI=1S/C14H15Cl2NO2.C3H4/c1-10(6-3-2-4-9-13(18)19)17-14-11(15)7-5-8-12(14)16;1-3-2/h2-3,5-8,17H,4,9H2,1H3,(H,18,19);1H,2H3/b3-2-,10-6+;. The van der Waals surface area contributed by atoms with Gasteiger partial charge in [-0.05, 0) is 38.5 Å². The molecule has 0 heterocycles. The van der Waals surface area contributed by atoms with E-state index in [0.29, 0.717) is 22.2 Å². The van der Waals surface area contributed by atoms with Gasteiger partial charge in [-0.25, -0.2) is 0 Å². The molecule has 0 spiro atoms. The zero-order chi connectivity index (χ0) is 17.0. The van der Waals surface area contributed by atoms with E-state index in [0.717, 1.165) is 5.70 Å². The summed E-state index contributed by atoms with van der Waals surface area (Å²) in [5.74, 6) is 1.45. The molecule has 0 saturated carbocycles. The van der Waals surface area contributed by atoms with Gasteiger partial charge in [0.15, 0.2) is 0 Å². The Labute approximate surface area is 141 Å². The van der Waals surface area contributed by atoms with Crippen LogP contribution in [-0.2, 0) is 4.79 Å². The van der Waals surface area contributed by atoms with Crippen LogP contribution in [0.25, 0.3) is 0 Å². The van der Waals surface area contributed by atoms with Crippen molar-refractivity contribution in [2.45, 2.75) is 26.7 Å². The Balaban J connectivity index is 0.00000135. The van der Waals surface area contributed by atoms with E-state index in [1.807, 2.05) is 13.0 Å². The highest BCUT2D eigenvalue weighted by Crippen LogP contribution is 2.30. The molecule has 0 aromatic heterocycles. The zero-order valence-electron chi connectivity index (χ0n) is 12.6. The molecule has 2 N–H and O–H groups in total. The number of benzene rings is 1. The lowest BCUT2D eigenvalue weighted by atomic mass is 10.2. The first-order chi connectivity index (χ1) is 10.4. The summed E-state index contributed by atoms with van der Waals surface area (Å²) in [5.41, 5.74) is 1.53. The molecule has 0 saturated heterocycles. The van der Waals surface area contributed by atoms with Crippen molar-refractivity contribution in [1.82, 2.24) is 0 Å². The Morgan fingerprint density at radius 3 is 2.45 bits per heavy atom. The van der Waals surface area contributed by atoms with Gasteiger partial charge in [0.25, 0.3) is 0 Å². The molecule has 1 aromatic carbocycles. The van der Waals surface area contributed by atoms with Gasteiger partial charge < -0.3 is 10.4 Å². The molecule has 1 aromatic rings. The molecular weight excluding hydrogens is 321 g/mol. The number of nitrogens with one attached hydrogen (secondary N) is 1. The minimum absolute atomic E-state index is 0.132. The lowest BCUT2D eigenvalue weighted by molar-refractivity contribution is -0.136. The third-order valence-electron chi connectivity index (χ3n) is 2.29. The highest BCUT2D eigenvalue weighted by atomic mass is 35.5. The second kappa shape index (κ2) is 11.7. The van der Waals surface area contributed by atoms with Gasteiger partial charge in [-0.1, -0.05) is 41.4 Å². The van der Waals surface area contributed by atoms with Crippen molar-refractivity contribution in [2.24, 2.45) is 0 Å². The molecule has 0 atom stereocenters. The summed E-state index contributed by atoms with van der Waals surface area (Å²) >= 11 is 12.1. The predicted octanol–water partition coefficient (Wildman–Crippen LogP) is 5.37. The number of halogens is 2. The van der Waals surface area contributed by atoms with Gasteiger partial charge in [0.1, 0.15) is 0 Å². The summed E-state index contributed by atoms with van der Waals surface area (Å²) in [6, 6.07) is 5.29. The molecule has 3 nitrogen and oxygen atoms in total. The maximum absolute atomic E-state index is 10.3. The number of rotatable bonds is 6. The summed E-state index contributed by atoms with van der Waals surface area (Å²) in [6.07, 6.45) is 10.7. The molecule has 0 aliphatic carbocycles. The summed E-state index contributed by atoms with van der Waals surface area (Å²) in [5, 5.41) is 12.7. The van der Waals surface area contributed by atoms with Crippen molar-refractivity contribution in [1.29, 1.82) is 0 Å². The number of hydrogen-bond acceptors (Lipinski definition) is 2. The average molecular weight is 340 g/mol. The highest BCUT2D eigenvalue weighted by Gasteiger charge is 2.04. The van der Waals surface area contributed by atoms with E-state index in [4.69, 9.17) is 28.3 Å². The Morgan fingerprint density at radius 1 is 1.41 bits per heavy atom. The van der Waals surface area contributed by atoms with Gasteiger partial charge in [-0.3, -0.25) is 4.79 Å². The molecule has 0 bridgehead atoms. The van der Waals surface area contributed by atoms with E-state index in [1.54, 1.807) is 37.3 Å². The van der Waals surface area contributed by atoms with Crippen molar-refractivity contribution < 1.29 is 9.90 Å². The first-order valence-electron chi connectivity index (χ1n) is 6.56. The van der Waals surface area contributed by atoms with Crippen LogP contribution < -0.4 is 5.32 Å². The van der Waals surface area contributed by atoms with Crippen LogP contribution in [0.3, 0.4) is 0 Å². The quantitative estimate of drug-likeness (QED) is 0.541. The van der Waals surface area contributed by atoms with Gasteiger partial charge >= 0.3 is 5.97 Å². The number of carboxylic acids is 1. The molecule has 22 heavy (non-hydrogen) atoms. The molecule has 0 aliphatic heterocycles. The number of anilines is 1. The molecule has 118 valence electrons. The number of para-hydroxylation sites is 1. The summed E-state index contributed by atoms with van der Waals surface area (Å²) < 4.78 is 0. The fourth-order valence-corrected chi connectivity index (χ4v) is 1.86. The van der Waals surface area contributed by atoms with Gasteiger partial charge in [-0.15, -0.1) is 12.3 Å². The van der Waals surface area contributed by atoms with Crippen LogP contribution in [0.5, 0.6) is 0 Å². The zero-order valence-corrected chi connectivity index (χ0v) is 14.1. The Kier molecular flexibility index (Phi) is 10.7. The van der Waals surface area contributed by atoms with Crippen LogP contribution in [0.2, 0.25) is 10.0 Å². The first-order valence-corrected chi connectivity index (χ1v) is 7.31. The fraction of sp³-hybridized carbons (Fsp3) is 0.235. The first kappa shape index (κ1) is 20.1. The Bertz CT molecular complexity index is 567. The van der Waals surface area contributed by atoms with Crippen LogP contribution in [0.1, 0.15) is 26.7 Å². The number of carboxylic acid groups (broad SMARTS) is 1. The monoisotopic (exact) mass is 339 g/mol. The summed E-state index contributed by atoms with van der Waals surface area (Å²) in [4.78, 5) is 10.3. The highest BCUT2D eigenvalue weighted by molar-refractivity contribution is 6.39. The number of terminal acetylenes is 1. The van der Waals surface area contributed by atoms with E-state index in [1.165, 1.54) is 0 Å². The van der Waals surface area contributed by atoms with E-state index in [-0.39, 0.29) is 6.42 Å². The lowest BCUT2D eigenvalue weighted by Gasteiger charge is -2.09. The third-order valence-corrected chi connectivity index (χ3v) is 2.92. The third kappa shape index (κ3) is 9.12. The van der Waals surface area contributed by atoms with Crippen LogP contribution in [-0.4, -0.2) is 11.1 Å². The second-order valence-corrected chi connectivity index (χ2v) is 5.03. The lowest BCUT2D eigenvalue weighted by Crippen LogP contribution is -1.96. The molecule has 0 amide bonds. The maximum Gasteiger partial charge on any atom is 0.303 e. The SMILES string of the molecule is C#CC.C/C(=C\C=C/CCC(=O)O)Nc1c(Cl)cccc1Cl. The molecular formula is C17H19Cl2NO2. The minimum atomic E-state index is -0.800. The molecule has 0 fully saturated rings. The molecule has 1 rings (SSSR count). The van der Waals surface area contributed by atoms with Crippen LogP contribution in [0, 0.1) is 12.3 Å². The summed E-state index contributed by atoms with van der Waals surface area (Å²) in [6.45, 7) is 3.53. The van der Waals surface area contributed by atoms with E-state index >= 15 is 0 Å². The van der Waals surface area contributed by atoms with Crippen LogP contribution in [0.4, 0.5) is 5.69 Å². The normalized spacial score (nSPS) is 10.6. The molecule has 0 unspecified atom stereocenters. The van der Waals surface area contributed by atoms with Crippen molar-refractivity contribution >= 4 is 34.9 Å². The smallest absolute Gasteiger partial charge is 0.303 e. The maximum atomic E-state index is 10.3. The Hall–Kier alpha value is -1.89. The van der Waals surface area contributed by atoms with Crippen molar-refractivity contribution in [2.75, 3.05) is 5.32 Å². The number of carbonyl (C=O) groups is 1. The predicted molar refractivity (Wildman–Crippen MR) is 94.4 cm³/mol. The fourth-order valence-electron chi connectivity index (χ4n) is 1.37. The van der Waals surface area contributed by atoms with Crippen molar-refractivity contribution in [3.8, 4) is 12.3 Å². The van der Waals surface area contributed by atoms with Crippen molar-refractivity contribution in [3.63, 3.8) is 0 Å². The number of hydrogen-bond donors (Lipinski definition) is 2. The van der Waals surface area contributed by atoms with Gasteiger partial charge in [0.05, 0.1) is 15.7 Å². The van der Waals surface area contributed by atoms with E-state index < -0.39 is 5.97 Å². The Morgan fingerprint density at radius 2 is 1.95 bits per heavy atom.